The second-order valence-corrected chi connectivity index (χ2v) is 11.2. The van der Waals surface area contributed by atoms with Gasteiger partial charge in [0.1, 0.15) is 13.2 Å². The maximum absolute atomic E-state index is 11.4. The molecule has 0 bridgehead atoms. The van der Waals surface area contributed by atoms with Crippen LogP contribution in [0.15, 0.2) is 30.3 Å². The van der Waals surface area contributed by atoms with Crippen molar-refractivity contribution in [2.75, 3.05) is 132 Å². The summed E-state index contributed by atoms with van der Waals surface area (Å²) in [6, 6.07) is 9.47. The van der Waals surface area contributed by atoms with Crippen LogP contribution in [0.4, 0.5) is 0 Å². The van der Waals surface area contributed by atoms with Crippen LogP contribution in [0.3, 0.4) is 0 Å². The van der Waals surface area contributed by atoms with Crippen LogP contribution in [0.25, 0.3) is 0 Å². The molecule has 1 aromatic rings. The summed E-state index contributed by atoms with van der Waals surface area (Å²) in [5, 5.41) is 43.2. The summed E-state index contributed by atoms with van der Waals surface area (Å²) in [5.41, 5.74) is 1.44. The topological polar surface area (TPSA) is 221 Å². The molecule has 296 valence electrons. The van der Waals surface area contributed by atoms with Gasteiger partial charge in [-0.2, -0.15) is 0 Å². The first kappa shape index (κ1) is 56.4. The molecule has 16 nitrogen and oxygen atoms in total. The average molecular weight is 751 g/mol. The Bertz CT molecular complexity index is 801. The van der Waals surface area contributed by atoms with Crippen molar-refractivity contribution in [2.24, 2.45) is 5.41 Å². The fourth-order valence-corrected chi connectivity index (χ4v) is 2.55. The molecule has 0 aliphatic rings. The molecule has 1 aromatic carbocycles. The first-order valence-corrected chi connectivity index (χ1v) is 16.5. The number of aliphatic carboxylic acids is 1. The number of aliphatic hydroxyl groups excluding tert-OH is 4. The Labute approximate surface area is 325 Å². The number of aliphatic hydroxyl groups is 4. The Morgan fingerprint density at radius 1 is 0.529 bits per heavy atom. The van der Waals surface area contributed by atoms with Gasteiger partial charge in [-0.25, -0.2) is 4.79 Å². The van der Waals surface area contributed by atoms with E-state index in [2.05, 4.69) is 32.4 Å². The molecule has 51 heavy (non-hydrogen) atoms. The van der Waals surface area contributed by atoms with Gasteiger partial charge in [-0.05, 0) is 11.0 Å². The van der Waals surface area contributed by atoms with E-state index in [0.29, 0.717) is 91.3 Å². The molecule has 0 heterocycles. The molecule has 0 fully saturated rings. The maximum atomic E-state index is 11.4. The number of carbonyl (C=O) groups is 2. The molecule has 0 aliphatic carbocycles. The molecule has 1 rings (SSSR count). The number of hydrogen-bond acceptors (Lipinski definition) is 16. The molecular weight excluding hydrogens is 687 g/mol. The van der Waals surface area contributed by atoms with E-state index in [9.17, 15) is 14.7 Å². The summed E-state index contributed by atoms with van der Waals surface area (Å²) in [7, 11) is 0. The van der Waals surface area contributed by atoms with Gasteiger partial charge < -0.3 is 73.0 Å². The zero-order valence-electron chi connectivity index (χ0n) is 31.4. The van der Waals surface area contributed by atoms with E-state index in [1.807, 2.05) is 30.3 Å². The van der Waals surface area contributed by atoms with Crippen molar-refractivity contribution in [3.8, 4) is 0 Å². The molecule has 0 aliphatic heterocycles. The number of carboxylic acid groups (broad SMARTS) is 1. The summed E-state index contributed by atoms with van der Waals surface area (Å²) in [4.78, 5) is 21.3. The van der Waals surface area contributed by atoms with Crippen LogP contribution in [0, 0.1) is 5.41 Å². The van der Waals surface area contributed by atoms with E-state index in [-0.39, 0.29) is 75.8 Å². The standard InChI is InChI=1S/C15H22O6.C8H16O6.C6H14O4.C5H12.Na/c16-6-7-18-8-9-19-10-11-20-13-15(17)21-12-14-4-2-1-3-5-14;9-1-2-12-3-4-13-5-6-14-7-8(10)11;7-1-3-9-5-6-10-4-2-8;1-5(2,3)4;/h1-5,16H,6-13H2;9H,1-7H2,(H,10,11);7-8H,1-6H2;1-4H3;/q;;;;+1/p-1. The number of carbonyl (C=O) groups excluding carboxylic acids is 2. The Balaban J connectivity index is -0.000000319. The maximum Gasteiger partial charge on any atom is 1.00 e. The summed E-state index contributed by atoms with van der Waals surface area (Å²) in [6.07, 6.45) is 0. The fraction of sp³-hybridized carbons (Fsp3) is 0.765. The van der Waals surface area contributed by atoms with Gasteiger partial charge in [-0.15, -0.1) is 0 Å². The minimum atomic E-state index is -1.24. The molecule has 0 atom stereocenters. The quantitative estimate of drug-likeness (QED) is 0.0356. The number of rotatable bonds is 29. The van der Waals surface area contributed by atoms with Crippen molar-refractivity contribution < 1.29 is 107 Å². The SMILES string of the molecule is CC(C)(C)C.O=C(COCCOCCOCCO)OCc1ccccc1.O=C([O-])COCCOCCOCCO.OCCOCCOCCO.[Na+]. The van der Waals surface area contributed by atoms with Crippen molar-refractivity contribution in [3.05, 3.63) is 35.9 Å². The van der Waals surface area contributed by atoms with Crippen molar-refractivity contribution in [1.29, 1.82) is 0 Å². The summed E-state index contributed by atoms with van der Waals surface area (Å²) in [5.74, 6) is -1.64. The predicted molar refractivity (Wildman–Crippen MR) is 181 cm³/mol. The van der Waals surface area contributed by atoms with E-state index >= 15 is 0 Å². The third kappa shape index (κ3) is 64.1. The second kappa shape index (κ2) is 46.7. The zero-order valence-corrected chi connectivity index (χ0v) is 33.4. The first-order chi connectivity index (χ1) is 24.0. The number of hydrogen-bond donors (Lipinski definition) is 4. The minimum Gasteiger partial charge on any atom is -0.548 e. The van der Waals surface area contributed by atoms with E-state index in [1.165, 1.54) is 0 Å². The van der Waals surface area contributed by atoms with Crippen molar-refractivity contribution in [1.82, 2.24) is 0 Å². The normalized spacial score (nSPS) is 10.4. The summed E-state index contributed by atoms with van der Waals surface area (Å²) < 4.78 is 44.7. The first-order valence-electron chi connectivity index (χ1n) is 16.5. The van der Waals surface area contributed by atoms with Crippen LogP contribution in [0.2, 0.25) is 0 Å². The van der Waals surface area contributed by atoms with Gasteiger partial charge in [0.05, 0.1) is 132 Å². The fourth-order valence-electron chi connectivity index (χ4n) is 2.55. The number of esters is 1. The van der Waals surface area contributed by atoms with Gasteiger partial charge in [-0.3, -0.25) is 0 Å². The van der Waals surface area contributed by atoms with E-state index in [4.69, 9.17) is 58.3 Å². The molecule has 0 aromatic heterocycles. The van der Waals surface area contributed by atoms with Crippen LogP contribution in [-0.2, 0) is 58.8 Å². The summed E-state index contributed by atoms with van der Waals surface area (Å²) in [6.45, 7) is 13.7. The molecule has 0 unspecified atom stereocenters. The molecule has 0 radical (unpaired) electrons. The molecule has 0 spiro atoms. The van der Waals surface area contributed by atoms with Crippen LogP contribution in [0.1, 0.15) is 33.3 Å². The van der Waals surface area contributed by atoms with Gasteiger partial charge in [-0.1, -0.05) is 58.0 Å². The van der Waals surface area contributed by atoms with E-state index in [0.717, 1.165) is 5.56 Å². The third-order valence-corrected chi connectivity index (χ3v) is 4.49. The third-order valence-electron chi connectivity index (χ3n) is 4.49. The van der Waals surface area contributed by atoms with Gasteiger partial charge in [0, 0.05) is 0 Å². The Morgan fingerprint density at radius 3 is 1.14 bits per heavy atom. The Morgan fingerprint density at radius 2 is 0.824 bits per heavy atom. The monoisotopic (exact) mass is 750 g/mol. The largest absolute Gasteiger partial charge is 1.00 e. The smallest absolute Gasteiger partial charge is 0.548 e. The number of carboxylic acids is 1. The van der Waals surface area contributed by atoms with Crippen molar-refractivity contribution in [2.45, 2.75) is 34.3 Å². The van der Waals surface area contributed by atoms with Crippen molar-refractivity contribution in [3.63, 3.8) is 0 Å². The number of benzene rings is 1. The average Bonchev–Trinajstić information content (AvgIpc) is 3.07. The molecule has 0 saturated heterocycles. The van der Waals surface area contributed by atoms with Crippen LogP contribution < -0.4 is 34.7 Å². The van der Waals surface area contributed by atoms with Gasteiger partial charge in [0.25, 0.3) is 0 Å². The van der Waals surface area contributed by atoms with Crippen LogP contribution in [0.5, 0.6) is 0 Å². The number of ether oxygens (including phenoxy) is 9. The second-order valence-electron chi connectivity index (χ2n) is 11.2. The minimum absolute atomic E-state index is 0. The zero-order chi connectivity index (χ0) is 38.0. The molecule has 0 amide bonds. The van der Waals surface area contributed by atoms with Crippen LogP contribution in [-0.4, -0.2) is 165 Å². The van der Waals surface area contributed by atoms with Gasteiger partial charge >= 0.3 is 35.5 Å². The molecule has 4 N–H and O–H groups in total. The van der Waals surface area contributed by atoms with Gasteiger partial charge in [0.15, 0.2) is 0 Å². The van der Waals surface area contributed by atoms with Gasteiger partial charge in [0.2, 0.25) is 0 Å². The molecular formula is C34H63NaO16. The summed E-state index contributed by atoms with van der Waals surface area (Å²) >= 11 is 0. The van der Waals surface area contributed by atoms with Crippen LogP contribution >= 0.6 is 0 Å². The molecule has 17 heteroatoms. The molecule has 0 saturated carbocycles. The predicted octanol–water partition coefficient (Wildman–Crippen LogP) is -3.39. The Kier molecular flexibility index (Phi) is 51.7. The van der Waals surface area contributed by atoms with Crippen molar-refractivity contribution >= 4 is 11.9 Å². The van der Waals surface area contributed by atoms with E-state index < -0.39 is 18.5 Å². The Hall–Kier alpha value is -1.32. The van der Waals surface area contributed by atoms with E-state index in [1.54, 1.807) is 0 Å².